The van der Waals surface area contributed by atoms with Crippen LogP contribution >= 0.6 is 0 Å². The maximum Gasteiger partial charge on any atom is 0.0774 e. The molecule has 0 bridgehead atoms. The molecule has 1 saturated heterocycles. The van der Waals surface area contributed by atoms with Gasteiger partial charge >= 0.3 is 0 Å². The number of nitrogens with zero attached hydrogens (tertiary/aromatic N) is 1. The molecule has 2 unspecified atom stereocenters. The molecule has 2 rings (SSSR count). The molecule has 3 nitrogen and oxygen atoms in total. The van der Waals surface area contributed by atoms with Gasteiger partial charge in [0.25, 0.3) is 0 Å². The van der Waals surface area contributed by atoms with Crippen LogP contribution in [0, 0.1) is 5.92 Å². The lowest BCUT2D eigenvalue weighted by Crippen LogP contribution is -2.53. The molecule has 1 aliphatic heterocycles. The Morgan fingerprint density at radius 2 is 2.00 bits per heavy atom. The molecule has 2 fully saturated rings. The highest BCUT2D eigenvalue weighted by Gasteiger charge is 2.37. The van der Waals surface area contributed by atoms with E-state index < -0.39 is 5.60 Å². The first-order valence-corrected chi connectivity index (χ1v) is 6.81. The van der Waals surface area contributed by atoms with Crippen LogP contribution in [-0.2, 0) is 0 Å². The van der Waals surface area contributed by atoms with Gasteiger partial charge in [-0.2, -0.15) is 0 Å². The van der Waals surface area contributed by atoms with E-state index in [1.54, 1.807) is 0 Å². The third-order valence-electron chi connectivity index (χ3n) is 4.50. The molecule has 3 N–H and O–H groups in total. The summed E-state index contributed by atoms with van der Waals surface area (Å²) < 4.78 is 0. The first-order chi connectivity index (χ1) is 7.64. The number of hydrogen-bond donors (Lipinski definition) is 2. The van der Waals surface area contributed by atoms with Gasteiger partial charge in [0.15, 0.2) is 0 Å². The summed E-state index contributed by atoms with van der Waals surface area (Å²) in [5.41, 5.74) is 5.47. The van der Waals surface area contributed by atoms with Gasteiger partial charge in [-0.3, -0.25) is 4.90 Å². The van der Waals surface area contributed by atoms with Crippen molar-refractivity contribution in [1.29, 1.82) is 0 Å². The number of hydrogen-bond acceptors (Lipinski definition) is 3. The van der Waals surface area contributed by atoms with E-state index in [0.29, 0.717) is 12.0 Å². The Kier molecular flexibility index (Phi) is 3.88. The number of nitrogens with two attached hydrogens (primary N) is 1. The van der Waals surface area contributed by atoms with E-state index >= 15 is 0 Å². The molecule has 2 aliphatic rings. The molecule has 0 radical (unpaired) electrons. The molecule has 2 atom stereocenters. The number of β-amino-alcohol motifs (C(OH)–C–C–N with tert-alkyl or cyclic N) is 1. The Hall–Kier alpha value is -0.120. The van der Waals surface area contributed by atoms with Crippen molar-refractivity contribution < 1.29 is 5.11 Å². The number of likely N-dealkylation sites (tertiary alicyclic amines) is 1. The first kappa shape index (κ1) is 12.3. The van der Waals surface area contributed by atoms with Gasteiger partial charge in [0, 0.05) is 19.1 Å². The van der Waals surface area contributed by atoms with Crippen LogP contribution in [0.5, 0.6) is 0 Å². The van der Waals surface area contributed by atoms with Crippen LogP contribution in [0.15, 0.2) is 0 Å². The molecule has 94 valence electrons. The highest BCUT2D eigenvalue weighted by Crippen LogP contribution is 2.32. The van der Waals surface area contributed by atoms with E-state index in [2.05, 4.69) is 11.8 Å². The maximum atomic E-state index is 10.5. The minimum Gasteiger partial charge on any atom is -0.389 e. The summed E-state index contributed by atoms with van der Waals surface area (Å²) >= 11 is 0. The fourth-order valence-corrected chi connectivity index (χ4v) is 3.48. The Balaban J connectivity index is 1.96. The maximum absolute atomic E-state index is 10.5. The van der Waals surface area contributed by atoms with Gasteiger partial charge in [0.1, 0.15) is 0 Å². The average Bonchev–Trinajstić information content (AvgIpc) is 2.65. The highest BCUT2D eigenvalue weighted by atomic mass is 16.3. The van der Waals surface area contributed by atoms with E-state index in [-0.39, 0.29) is 0 Å². The number of aliphatic hydroxyl groups is 1. The fraction of sp³-hybridized carbons (Fsp3) is 1.00. The summed E-state index contributed by atoms with van der Waals surface area (Å²) in [6.45, 7) is 4.99. The van der Waals surface area contributed by atoms with Crippen LogP contribution in [0.2, 0.25) is 0 Å². The van der Waals surface area contributed by atoms with E-state index in [0.717, 1.165) is 32.5 Å². The van der Waals surface area contributed by atoms with Gasteiger partial charge in [-0.15, -0.1) is 0 Å². The molecule has 1 heterocycles. The monoisotopic (exact) mass is 226 g/mol. The van der Waals surface area contributed by atoms with E-state index in [4.69, 9.17) is 5.73 Å². The number of piperidine rings is 1. The predicted octanol–water partition coefficient (Wildman–Crippen LogP) is 1.35. The first-order valence-electron chi connectivity index (χ1n) is 6.81. The minimum atomic E-state index is -0.412. The van der Waals surface area contributed by atoms with Crippen molar-refractivity contribution in [3.05, 3.63) is 0 Å². The average molecular weight is 226 g/mol. The van der Waals surface area contributed by atoms with Crippen molar-refractivity contribution in [2.24, 2.45) is 11.7 Å². The Bertz CT molecular complexity index is 226. The minimum absolute atomic E-state index is 0.412. The van der Waals surface area contributed by atoms with Crippen molar-refractivity contribution in [2.75, 3.05) is 19.6 Å². The second-order valence-corrected chi connectivity index (χ2v) is 5.82. The normalized spacial score (nSPS) is 35.4. The van der Waals surface area contributed by atoms with Crippen LogP contribution in [0.25, 0.3) is 0 Å². The molecular weight excluding hydrogens is 200 g/mol. The van der Waals surface area contributed by atoms with Crippen molar-refractivity contribution in [1.82, 2.24) is 4.90 Å². The lowest BCUT2D eigenvalue weighted by atomic mass is 9.89. The van der Waals surface area contributed by atoms with Crippen molar-refractivity contribution in [3.8, 4) is 0 Å². The van der Waals surface area contributed by atoms with Gasteiger partial charge in [-0.1, -0.05) is 19.8 Å². The SMILES string of the molecule is CC1CCCN(CC2(O)CCCC2)C1CN. The molecule has 0 spiro atoms. The van der Waals surface area contributed by atoms with E-state index in [9.17, 15) is 5.11 Å². The summed E-state index contributed by atoms with van der Waals surface area (Å²) in [5.74, 6) is 0.684. The molecular formula is C13H26N2O. The lowest BCUT2D eigenvalue weighted by molar-refractivity contribution is -0.0206. The fourth-order valence-electron chi connectivity index (χ4n) is 3.48. The summed E-state index contributed by atoms with van der Waals surface area (Å²) in [4.78, 5) is 2.44. The molecule has 1 aliphatic carbocycles. The standard InChI is InChI=1S/C13H26N2O/c1-11-5-4-8-15(12(11)9-14)10-13(16)6-2-3-7-13/h11-12,16H,2-10,14H2,1H3. The summed E-state index contributed by atoms with van der Waals surface area (Å²) in [6.07, 6.45) is 6.88. The third-order valence-corrected chi connectivity index (χ3v) is 4.50. The zero-order valence-electron chi connectivity index (χ0n) is 10.5. The largest absolute Gasteiger partial charge is 0.389 e. The molecule has 16 heavy (non-hydrogen) atoms. The van der Waals surface area contributed by atoms with Gasteiger partial charge < -0.3 is 10.8 Å². The van der Waals surface area contributed by atoms with Gasteiger partial charge in [-0.05, 0) is 38.1 Å². The van der Waals surface area contributed by atoms with Crippen molar-refractivity contribution in [3.63, 3.8) is 0 Å². The van der Waals surface area contributed by atoms with Crippen LogP contribution in [0.1, 0.15) is 45.4 Å². The smallest absolute Gasteiger partial charge is 0.0774 e. The molecule has 1 saturated carbocycles. The molecule has 0 aromatic heterocycles. The summed E-state index contributed by atoms with van der Waals surface area (Å²) in [7, 11) is 0. The Labute approximate surface area is 99.0 Å². The van der Waals surface area contributed by atoms with Gasteiger partial charge in [0.2, 0.25) is 0 Å². The quantitative estimate of drug-likeness (QED) is 0.764. The Morgan fingerprint density at radius 3 is 2.62 bits per heavy atom. The molecule has 0 aromatic rings. The second kappa shape index (κ2) is 5.03. The second-order valence-electron chi connectivity index (χ2n) is 5.82. The van der Waals surface area contributed by atoms with Crippen LogP contribution in [0.4, 0.5) is 0 Å². The summed E-state index contributed by atoms with van der Waals surface area (Å²) in [5, 5.41) is 10.5. The predicted molar refractivity (Wildman–Crippen MR) is 66.2 cm³/mol. The van der Waals surface area contributed by atoms with Gasteiger partial charge in [0.05, 0.1) is 5.60 Å². The molecule has 3 heteroatoms. The van der Waals surface area contributed by atoms with E-state index in [1.807, 2.05) is 0 Å². The van der Waals surface area contributed by atoms with Gasteiger partial charge in [-0.25, -0.2) is 0 Å². The molecule has 0 amide bonds. The summed E-state index contributed by atoms with van der Waals surface area (Å²) in [6, 6.07) is 0.485. The number of rotatable bonds is 3. The zero-order valence-corrected chi connectivity index (χ0v) is 10.5. The van der Waals surface area contributed by atoms with Crippen LogP contribution < -0.4 is 5.73 Å². The topological polar surface area (TPSA) is 49.5 Å². The highest BCUT2D eigenvalue weighted by molar-refractivity contribution is 4.92. The van der Waals surface area contributed by atoms with Crippen molar-refractivity contribution in [2.45, 2.75) is 57.1 Å². The Morgan fingerprint density at radius 1 is 1.31 bits per heavy atom. The van der Waals surface area contributed by atoms with Crippen LogP contribution in [0.3, 0.4) is 0 Å². The van der Waals surface area contributed by atoms with Crippen molar-refractivity contribution >= 4 is 0 Å². The zero-order chi connectivity index (χ0) is 11.6. The van der Waals surface area contributed by atoms with E-state index in [1.165, 1.54) is 25.7 Å². The third kappa shape index (κ3) is 2.58. The van der Waals surface area contributed by atoms with Crippen LogP contribution in [-0.4, -0.2) is 41.3 Å². The lowest BCUT2D eigenvalue weighted by Gasteiger charge is -2.42. The molecule has 0 aromatic carbocycles.